The molecule has 7 heteroatoms. The van der Waals surface area contributed by atoms with Gasteiger partial charge < -0.3 is 9.42 Å². The topological polar surface area (TPSA) is 87.9 Å². The lowest BCUT2D eigenvalue weighted by molar-refractivity contribution is -0.131. The second-order valence-corrected chi connectivity index (χ2v) is 6.79. The normalized spacial score (nSPS) is 17.7. The first-order valence-electron chi connectivity index (χ1n) is 8.68. The van der Waals surface area contributed by atoms with Crippen molar-refractivity contribution in [3.63, 3.8) is 0 Å². The van der Waals surface area contributed by atoms with Gasteiger partial charge in [0.25, 0.3) is 0 Å². The minimum absolute atomic E-state index is 0.0628. The molecule has 1 atom stereocenters. The third-order valence-electron chi connectivity index (χ3n) is 4.69. The van der Waals surface area contributed by atoms with E-state index in [1.165, 1.54) is 0 Å². The monoisotopic (exact) mass is 339 g/mol. The van der Waals surface area contributed by atoms with Crippen LogP contribution in [0.15, 0.2) is 28.8 Å². The average molecular weight is 339 g/mol. The number of aromatic amines is 1. The molecular formula is C18H21N5O2. The minimum Gasteiger partial charge on any atom is -0.339 e. The van der Waals surface area contributed by atoms with Gasteiger partial charge in [-0.1, -0.05) is 37.2 Å². The zero-order valence-corrected chi connectivity index (χ0v) is 14.4. The van der Waals surface area contributed by atoms with Gasteiger partial charge in [-0.3, -0.25) is 9.89 Å². The van der Waals surface area contributed by atoms with E-state index in [0.29, 0.717) is 18.1 Å². The van der Waals surface area contributed by atoms with E-state index in [1.54, 1.807) is 0 Å². The smallest absolute Gasteiger partial charge is 0.229 e. The van der Waals surface area contributed by atoms with Crippen LogP contribution in [0.4, 0.5) is 0 Å². The number of likely N-dealkylation sites (tertiary alicyclic amines) is 1. The van der Waals surface area contributed by atoms with Crippen LogP contribution in [0.1, 0.15) is 56.1 Å². The second kappa shape index (κ2) is 6.31. The number of amides is 1. The molecule has 0 aliphatic carbocycles. The Morgan fingerprint density at radius 3 is 3.04 bits per heavy atom. The molecule has 1 aliphatic heterocycles. The first-order valence-corrected chi connectivity index (χ1v) is 8.68. The highest BCUT2D eigenvalue weighted by molar-refractivity contribution is 5.87. The Morgan fingerprint density at radius 1 is 1.40 bits per heavy atom. The number of carbonyl (C=O) groups is 1. The van der Waals surface area contributed by atoms with Crippen molar-refractivity contribution in [2.24, 2.45) is 0 Å². The van der Waals surface area contributed by atoms with Gasteiger partial charge in [-0.2, -0.15) is 10.1 Å². The van der Waals surface area contributed by atoms with Crippen molar-refractivity contribution in [2.45, 2.75) is 45.1 Å². The van der Waals surface area contributed by atoms with Gasteiger partial charge in [0.05, 0.1) is 23.7 Å². The number of carbonyl (C=O) groups excluding carboxylic acids is 1. The lowest BCUT2D eigenvalue weighted by atomic mass is 10.1. The number of nitrogens with zero attached hydrogens (tertiary/aromatic N) is 4. The molecule has 1 aliphatic rings. The SMILES string of the molecule is CC(C)c1nc([C@@H]2CCCN2C(=O)Cc2[nH]nc3ccccc23)no1. The summed E-state index contributed by atoms with van der Waals surface area (Å²) in [5, 5.41) is 12.3. The average Bonchev–Trinajstić information content (AvgIpc) is 3.34. The zero-order valence-electron chi connectivity index (χ0n) is 14.4. The first-order chi connectivity index (χ1) is 12.1. The Hall–Kier alpha value is -2.70. The second-order valence-electron chi connectivity index (χ2n) is 6.79. The fourth-order valence-electron chi connectivity index (χ4n) is 3.35. The van der Waals surface area contributed by atoms with Crippen LogP contribution in [0, 0.1) is 0 Å². The summed E-state index contributed by atoms with van der Waals surface area (Å²) in [5.74, 6) is 1.48. The lowest BCUT2D eigenvalue weighted by Gasteiger charge is -2.22. The van der Waals surface area contributed by atoms with E-state index < -0.39 is 0 Å². The molecule has 1 fully saturated rings. The number of rotatable bonds is 4. The number of para-hydroxylation sites is 1. The number of hydrogen-bond donors (Lipinski definition) is 1. The molecule has 3 aromatic rings. The maximum Gasteiger partial charge on any atom is 0.229 e. The van der Waals surface area contributed by atoms with Gasteiger partial charge in [0, 0.05) is 17.8 Å². The minimum atomic E-state index is -0.0991. The molecule has 0 bridgehead atoms. The van der Waals surface area contributed by atoms with E-state index >= 15 is 0 Å². The summed E-state index contributed by atoms with van der Waals surface area (Å²) in [6.07, 6.45) is 2.12. The quantitative estimate of drug-likeness (QED) is 0.789. The third-order valence-corrected chi connectivity index (χ3v) is 4.69. The van der Waals surface area contributed by atoms with E-state index in [4.69, 9.17) is 4.52 Å². The van der Waals surface area contributed by atoms with E-state index in [9.17, 15) is 4.79 Å². The van der Waals surface area contributed by atoms with Gasteiger partial charge >= 0.3 is 0 Å². The van der Waals surface area contributed by atoms with Crippen molar-refractivity contribution in [1.29, 1.82) is 0 Å². The molecule has 1 N–H and O–H groups in total. The molecule has 4 rings (SSSR count). The van der Waals surface area contributed by atoms with Crippen LogP contribution in [-0.4, -0.2) is 37.7 Å². The highest BCUT2D eigenvalue weighted by Crippen LogP contribution is 2.31. The molecule has 3 heterocycles. The van der Waals surface area contributed by atoms with Crippen LogP contribution < -0.4 is 0 Å². The Kier molecular flexibility index (Phi) is 3.99. The highest BCUT2D eigenvalue weighted by Gasteiger charge is 2.33. The summed E-state index contributed by atoms with van der Waals surface area (Å²) in [5.41, 5.74) is 1.73. The fourth-order valence-corrected chi connectivity index (χ4v) is 3.35. The molecule has 0 saturated carbocycles. The molecule has 130 valence electrons. The molecule has 2 aromatic heterocycles. The van der Waals surface area contributed by atoms with Crippen molar-refractivity contribution < 1.29 is 9.32 Å². The van der Waals surface area contributed by atoms with Crippen LogP contribution in [0.2, 0.25) is 0 Å². The van der Waals surface area contributed by atoms with Gasteiger partial charge in [-0.05, 0) is 18.9 Å². The van der Waals surface area contributed by atoms with E-state index in [1.807, 2.05) is 43.0 Å². The van der Waals surface area contributed by atoms with Crippen LogP contribution in [0.3, 0.4) is 0 Å². The van der Waals surface area contributed by atoms with Gasteiger partial charge in [0.2, 0.25) is 11.8 Å². The van der Waals surface area contributed by atoms with Crippen molar-refractivity contribution in [2.75, 3.05) is 6.54 Å². The number of H-pyrrole nitrogens is 1. The molecule has 25 heavy (non-hydrogen) atoms. The van der Waals surface area contributed by atoms with Crippen LogP contribution >= 0.6 is 0 Å². The molecule has 1 amide bonds. The van der Waals surface area contributed by atoms with Gasteiger partial charge in [0.15, 0.2) is 5.82 Å². The number of aromatic nitrogens is 4. The Bertz CT molecular complexity index is 898. The molecule has 1 aromatic carbocycles. The summed E-state index contributed by atoms with van der Waals surface area (Å²) < 4.78 is 5.31. The van der Waals surface area contributed by atoms with Crippen LogP contribution in [0.25, 0.3) is 10.9 Å². The summed E-state index contributed by atoms with van der Waals surface area (Å²) >= 11 is 0. The molecule has 0 unspecified atom stereocenters. The standard InChI is InChI=1S/C18H21N5O2/c1-11(2)18-19-17(22-25-18)15-8-5-9-23(15)16(24)10-14-12-6-3-4-7-13(12)20-21-14/h3-4,6-7,11,15H,5,8-10H2,1-2H3,(H,20,21)/t15-/m0/s1. The highest BCUT2D eigenvalue weighted by atomic mass is 16.5. The number of fused-ring (bicyclic) bond motifs is 1. The summed E-state index contributed by atoms with van der Waals surface area (Å²) in [4.78, 5) is 19.2. The van der Waals surface area contributed by atoms with Crippen molar-refractivity contribution in [3.8, 4) is 0 Å². The zero-order chi connectivity index (χ0) is 17.4. The van der Waals surface area contributed by atoms with Gasteiger partial charge in [0.1, 0.15) is 0 Å². The Balaban J connectivity index is 1.54. The predicted octanol–water partition coefficient (Wildman–Crippen LogP) is 2.98. The van der Waals surface area contributed by atoms with Crippen molar-refractivity contribution in [3.05, 3.63) is 41.7 Å². The predicted molar refractivity (Wildman–Crippen MR) is 91.9 cm³/mol. The lowest BCUT2D eigenvalue weighted by Crippen LogP contribution is -2.32. The van der Waals surface area contributed by atoms with E-state index in [0.717, 1.165) is 36.0 Å². The number of benzene rings is 1. The summed E-state index contributed by atoms with van der Waals surface area (Å²) in [6.45, 7) is 4.75. The Morgan fingerprint density at radius 2 is 2.24 bits per heavy atom. The molecule has 0 radical (unpaired) electrons. The van der Waals surface area contributed by atoms with Gasteiger partial charge in [-0.25, -0.2) is 0 Å². The van der Waals surface area contributed by atoms with Crippen LogP contribution in [0.5, 0.6) is 0 Å². The third kappa shape index (κ3) is 2.90. The van der Waals surface area contributed by atoms with E-state index in [2.05, 4.69) is 20.3 Å². The Labute approximate surface area is 145 Å². The largest absolute Gasteiger partial charge is 0.339 e. The number of nitrogens with one attached hydrogen (secondary N) is 1. The molecular weight excluding hydrogens is 318 g/mol. The van der Waals surface area contributed by atoms with Crippen molar-refractivity contribution in [1.82, 2.24) is 25.2 Å². The van der Waals surface area contributed by atoms with Crippen LogP contribution in [-0.2, 0) is 11.2 Å². The molecule has 7 nitrogen and oxygen atoms in total. The van der Waals surface area contributed by atoms with Crippen molar-refractivity contribution >= 4 is 16.8 Å². The van der Waals surface area contributed by atoms with E-state index in [-0.39, 0.29) is 17.9 Å². The number of hydrogen-bond acceptors (Lipinski definition) is 5. The molecule has 1 saturated heterocycles. The maximum atomic E-state index is 12.9. The summed E-state index contributed by atoms with van der Waals surface area (Å²) in [6, 6.07) is 7.71. The fraction of sp³-hybridized carbons (Fsp3) is 0.444. The maximum absolute atomic E-state index is 12.9. The first kappa shape index (κ1) is 15.8. The van der Waals surface area contributed by atoms with Gasteiger partial charge in [-0.15, -0.1) is 0 Å². The summed E-state index contributed by atoms with van der Waals surface area (Å²) in [7, 11) is 0. The molecule has 0 spiro atoms.